The Kier molecular flexibility index (Phi) is 6.30. The summed E-state index contributed by atoms with van der Waals surface area (Å²) in [7, 11) is 1.64. The highest BCUT2D eigenvalue weighted by molar-refractivity contribution is 7.80. The molecule has 1 saturated heterocycles. The van der Waals surface area contributed by atoms with Gasteiger partial charge >= 0.3 is 0 Å². The van der Waals surface area contributed by atoms with Crippen LogP contribution in [0.1, 0.15) is 18.4 Å². The maximum Gasteiger partial charge on any atom is 0.173 e. The number of phenolic OH excluding ortho intramolecular Hbond substituents is 1. The van der Waals surface area contributed by atoms with E-state index in [9.17, 15) is 5.11 Å². The number of phenols is 1. The van der Waals surface area contributed by atoms with Crippen LogP contribution in [0.25, 0.3) is 0 Å². The van der Waals surface area contributed by atoms with Gasteiger partial charge in [-0.15, -0.1) is 0 Å². The molecule has 2 aromatic rings. The van der Waals surface area contributed by atoms with E-state index in [2.05, 4.69) is 5.32 Å². The van der Waals surface area contributed by atoms with E-state index in [-0.39, 0.29) is 11.9 Å². The van der Waals surface area contributed by atoms with Crippen molar-refractivity contribution in [2.45, 2.75) is 25.5 Å². The number of methoxy groups -OCH3 is 1. The number of nitrogens with zero attached hydrogens (tertiary/aromatic N) is 1. The van der Waals surface area contributed by atoms with Gasteiger partial charge in [-0.1, -0.05) is 24.3 Å². The lowest BCUT2D eigenvalue weighted by Crippen LogP contribution is -2.39. The fraction of sp³-hybridized carbons (Fsp3) is 0.350. The molecule has 1 aliphatic rings. The van der Waals surface area contributed by atoms with E-state index in [0.717, 1.165) is 36.4 Å². The van der Waals surface area contributed by atoms with Crippen LogP contribution < -0.4 is 10.1 Å². The Bertz CT molecular complexity index is 747. The summed E-state index contributed by atoms with van der Waals surface area (Å²) in [5, 5.41) is 14.0. The molecule has 1 atom stereocenters. The first-order chi connectivity index (χ1) is 12.7. The van der Waals surface area contributed by atoms with Crippen LogP contribution in [-0.2, 0) is 11.3 Å². The summed E-state index contributed by atoms with van der Waals surface area (Å²) in [6.07, 6.45) is 2.26. The van der Waals surface area contributed by atoms with E-state index in [1.165, 1.54) is 0 Å². The van der Waals surface area contributed by atoms with E-state index in [1.54, 1.807) is 13.2 Å². The van der Waals surface area contributed by atoms with Crippen molar-refractivity contribution in [2.24, 2.45) is 0 Å². The fourth-order valence-corrected chi connectivity index (χ4v) is 3.26. The van der Waals surface area contributed by atoms with Gasteiger partial charge in [0, 0.05) is 37.0 Å². The predicted octanol–water partition coefficient (Wildman–Crippen LogP) is 3.78. The molecule has 2 aromatic carbocycles. The van der Waals surface area contributed by atoms with E-state index in [4.69, 9.17) is 21.7 Å². The SMILES string of the molecule is COc1cccc(NC(=S)N(Cc2ccccc2O)C[C@@H]2CCCO2)c1. The third-order valence-electron chi connectivity index (χ3n) is 4.41. The molecule has 0 saturated carbocycles. The number of hydrogen-bond donors (Lipinski definition) is 2. The normalized spacial score (nSPS) is 16.3. The molecule has 2 N–H and O–H groups in total. The minimum atomic E-state index is 0.158. The van der Waals surface area contributed by atoms with Crippen molar-refractivity contribution in [3.8, 4) is 11.5 Å². The van der Waals surface area contributed by atoms with Crippen LogP contribution in [-0.4, -0.2) is 41.5 Å². The van der Waals surface area contributed by atoms with E-state index in [0.29, 0.717) is 18.2 Å². The number of rotatable bonds is 6. The summed E-state index contributed by atoms with van der Waals surface area (Å²) in [5.41, 5.74) is 1.70. The number of para-hydroxylation sites is 1. The minimum absolute atomic E-state index is 0.158. The monoisotopic (exact) mass is 372 g/mol. The highest BCUT2D eigenvalue weighted by atomic mass is 32.1. The Morgan fingerprint density at radius 3 is 2.88 bits per heavy atom. The second-order valence-corrected chi connectivity index (χ2v) is 6.69. The Labute approximate surface area is 159 Å². The predicted molar refractivity (Wildman–Crippen MR) is 107 cm³/mol. The van der Waals surface area contributed by atoms with Crippen molar-refractivity contribution >= 4 is 23.0 Å². The molecule has 1 aliphatic heterocycles. The fourth-order valence-electron chi connectivity index (χ4n) is 3.01. The molecule has 0 aromatic heterocycles. The van der Waals surface area contributed by atoms with Crippen LogP contribution in [0.5, 0.6) is 11.5 Å². The molecule has 0 amide bonds. The first-order valence-electron chi connectivity index (χ1n) is 8.74. The molecule has 0 radical (unpaired) electrons. The average molecular weight is 372 g/mol. The van der Waals surface area contributed by atoms with Crippen LogP contribution in [0.2, 0.25) is 0 Å². The highest BCUT2D eigenvalue weighted by Crippen LogP contribution is 2.22. The molecule has 138 valence electrons. The standard InChI is InChI=1S/C20H24N2O3S/c1-24-17-8-4-7-16(12-17)21-20(26)22(14-18-9-5-11-25-18)13-15-6-2-3-10-19(15)23/h2-4,6-8,10,12,18,23H,5,9,11,13-14H2,1H3,(H,21,26)/t18-/m0/s1. The van der Waals surface area contributed by atoms with Crippen LogP contribution in [0.15, 0.2) is 48.5 Å². The molecule has 5 nitrogen and oxygen atoms in total. The Morgan fingerprint density at radius 2 is 2.15 bits per heavy atom. The van der Waals surface area contributed by atoms with E-state index in [1.807, 2.05) is 47.4 Å². The van der Waals surface area contributed by atoms with Gasteiger partial charge in [-0.05, 0) is 43.3 Å². The van der Waals surface area contributed by atoms with Crippen LogP contribution in [0, 0.1) is 0 Å². The maximum absolute atomic E-state index is 10.1. The van der Waals surface area contributed by atoms with Gasteiger partial charge < -0.3 is 24.8 Å². The molecule has 0 spiro atoms. The highest BCUT2D eigenvalue weighted by Gasteiger charge is 2.22. The summed E-state index contributed by atoms with van der Waals surface area (Å²) in [5.74, 6) is 1.04. The van der Waals surface area contributed by atoms with Gasteiger partial charge in [-0.2, -0.15) is 0 Å². The molecular formula is C20H24N2O3S. The third-order valence-corrected chi connectivity index (χ3v) is 4.77. The smallest absolute Gasteiger partial charge is 0.173 e. The molecule has 0 bridgehead atoms. The van der Waals surface area contributed by atoms with Crippen LogP contribution in [0.4, 0.5) is 5.69 Å². The molecule has 1 fully saturated rings. The zero-order chi connectivity index (χ0) is 18.4. The molecule has 1 heterocycles. The number of ether oxygens (including phenoxy) is 2. The molecule has 0 aliphatic carbocycles. The number of thiocarbonyl (C=S) groups is 1. The maximum atomic E-state index is 10.1. The lowest BCUT2D eigenvalue weighted by Gasteiger charge is -2.28. The summed E-state index contributed by atoms with van der Waals surface area (Å²) in [6, 6.07) is 15.0. The zero-order valence-corrected chi connectivity index (χ0v) is 15.7. The van der Waals surface area contributed by atoms with Crippen molar-refractivity contribution in [3.63, 3.8) is 0 Å². The average Bonchev–Trinajstić information content (AvgIpc) is 3.16. The van der Waals surface area contributed by atoms with Crippen molar-refractivity contribution < 1.29 is 14.6 Å². The molecule has 26 heavy (non-hydrogen) atoms. The summed E-state index contributed by atoms with van der Waals surface area (Å²) in [4.78, 5) is 2.04. The first kappa shape index (κ1) is 18.5. The van der Waals surface area contributed by atoms with Gasteiger partial charge in [0.25, 0.3) is 0 Å². The molecule has 6 heteroatoms. The topological polar surface area (TPSA) is 54.0 Å². The van der Waals surface area contributed by atoms with Crippen molar-refractivity contribution in [2.75, 3.05) is 25.6 Å². The number of aromatic hydroxyl groups is 1. The van der Waals surface area contributed by atoms with Gasteiger partial charge in [0.1, 0.15) is 11.5 Å². The van der Waals surface area contributed by atoms with Gasteiger partial charge in [0.05, 0.1) is 13.2 Å². The number of nitrogens with one attached hydrogen (secondary N) is 1. The lowest BCUT2D eigenvalue weighted by molar-refractivity contribution is 0.0903. The molecule has 3 rings (SSSR count). The number of benzene rings is 2. The number of hydrogen-bond acceptors (Lipinski definition) is 4. The molecular weight excluding hydrogens is 348 g/mol. The quantitative estimate of drug-likeness (QED) is 0.753. The second kappa shape index (κ2) is 8.87. The van der Waals surface area contributed by atoms with Crippen molar-refractivity contribution in [3.05, 3.63) is 54.1 Å². The lowest BCUT2D eigenvalue weighted by atomic mass is 10.1. The number of anilines is 1. The Balaban J connectivity index is 1.74. The largest absolute Gasteiger partial charge is 0.508 e. The van der Waals surface area contributed by atoms with E-state index >= 15 is 0 Å². The van der Waals surface area contributed by atoms with Gasteiger partial charge in [0.2, 0.25) is 0 Å². The van der Waals surface area contributed by atoms with Gasteiger partial charge in [-0.3, -0.25) is 0 Å². The summed E-state index contributed by atoms with van der Waals surface area (Å²) >= 11 is 5.65. The third kappa shape index (κ3) is 4.86. The Hall–Kier alpha value is -2.31. The molecule has 0 unspecified atom stereocenters. The minimum Gasteiger partial charge on any atom is -0.508 e. The van der Waals surface area contributed by atoms with Gasteiger partial charge in [-0.25, -0.2) is 0 Å². The van der Waals surface area contributed by atoms with Crippen molar-refractivity contribution in [1.82, 2.24) is 4.90 Å². The van der Waals surface area contributed by atoms with Crippen LogP contribution >= 0.6 is 12.2 Å². The summed E-state index contributed by atoms with van der Waals surface area (Å²) in [6.45, 7) is 2.00. The zero-order valence-electron chi connectivity index (χ0n) is 14.9. The van der Waals surface area contributed by atoms with Crippen LogP contribution in [0.3, 0.4) is 0 Å². The van der Waals surface area contributed by atoms with Crippen molar-refractivity contribution in [1.29, 1.82) is 0 Å². The first-order valence-corrected chi connectivity index (χ1v) is 9.15. The van der Waals surface area contributed by atoms with E-state index < -0.39 is 0 Å². The Morgan fingerprint density at radius 1 is 1.31 bits per heavy atom. The second-order valence-electron chi connectivity index (χ2n) is 6.31. The van der Waals surface area contributed by atoms with Gasteiger partial charge in [0.15, 0.2) is 5.11 Å². The summed E-state index contributed by atoms with van der Waals surface area (Å²) < 4.78 is 11.0.